The van der Waals surface area contributed by atoms with Gasteiger partial charge in [-0.05, 0) is 26.5 Å². The number of carbonyl (C=O) groups is 1. The zero-order chi connectivity index (χ0) is 13.1. The first-order valence-electron chi connectivity index (χ1n) is 6.74. The van der Waals surface area contributed by atoms with Crippen LogP contribution in [0.4, 0.5) is 0 Å². The molecule has 1 fully saturated rings. The number of aryl methyl sites for hydroxylation is 2. The van der Waals surface area contributed by atoms with Crippen molar-refractivity contribution in [2.24, 2.45) is 0 Å². The van der Waals surface area contributed by atoms with Crippen LogP contribution < -0.4 is 0 Å². The van der Waals surface area contributed by atoms with Crippen molar-refractivity contribution < 1.29 is 4.79 Å². The van der Waals surface area contributed by atoms with Gasteiger partial charge in [0, 0.05) is 43.1 Å². The fourth-order valence-corrected chi connectivity index (χ4v) is 2.57. The second-order valence-corrected chi connectivity index (χ2v) is 5.12. The van der Waals surface area contributed by atoms with Crippen molar-refractivity contribution in [3.8, 4) is 0 Å². The van der Waals surface area contributed by atoms with E-state index in [0.717, 1.165) is 49.7 Å². The SMILES string of the molecule is CCN1CCN(CC(=O)c2cc(C)[nH]c2C)CC1. The van der Waals surface area contributed by atoms with Crippen LogP contribution in [0.2, 0.25) is 0 Å². The fraction of sp³-hybridized carbons (Fsp3) is 0.643. The van der Waals surface area contributed by atoms with Crippen LogP contribution in [-0.2, 0) is 0 Å². The zero-order valence-electron chi connectivity index (χ0n) is 11.6. The zero-order valence-corrected chi connectivity index (χ0v) is 11.6. The van der Waals surface area contributed by atoms with Crippen molar-refractivity contribution in [2.45, 2.75) is 20.8 Å². The van der Waals surface area contributed by atoms with Crippen molar-refractivity contribution in [3.05, 3.63) is 23.0 Å². The summed E-state index contributed by atoms with van der Waals surface area (Å²) in [6, 6.07) is 1.96. The number of nitrogens with zero attached hydrogens (tertiary/aromatic N) is 2. The summed E-state index contributed by atoms with van der Waals surface area (Å²) < 4.78 is 0. The summed E-state index contributed by atoms with van der Waals surface area (Å²) in [4.78, 5) is 20.1. The second kappa shape index (κ2) is 5.67. The largest absolute Gasteiger partial charge is 0.362 e. The third-order valence-electron chi connectivity index (χ3n) is 3.73. The standard InChI is InChI=1S/C14H23N3O/c1-4-16-5-7-17(8-6-16)10-14(18)13-9-11(2)15-12(13)3/h9,15H,4-8,10H2,1-3H3. The number of piperazine rings is 1. The van der Waals surface area contributed by atoms with Crippen LogP contribution in [-0.4, -0.2) is 59.8 Å². The Morgan fingerprint density at radius 3 is 2.33 bits per heavy atom. The number of rotatable bonds is 4. The van der Waals surface area contributed by atoms with Crippen molar-refractivity contribution in [3.63, 3.8) is 0 Å². The second-order valence-electron chi connectivity index (χ2n) is 5.12. The minimum atomic E-state index is 0.238. The van der Waals surface area contributed by atoms with Gasteiger partial charge in [0.15, 0.2) is 5.78 Å². The quantitative estimate of drug-likeness (QED) is 0.821. The molecule has 0 aromatic carbocycles. The topological polar surface area (TPSA) is 39.3 Å². The Balaban J connectivity index is 1.90. The number of carbonyl (C=O) groups excluding carboxylic acids is 1. The van der Waals surface area contributed by atoms with E-state index >= 15 is 0 Å². The molecule has 4 nitrogen and oxygen atoms in total. The van der Waals surface area contributed by atoms with Gasteiger partial charge in [0.2, 0.25) is 0 Å². The van der Waals surface area contributed by atoms with Gasteiger partial charge in [0.1, 0.15) is 0 Å². The van der Waals surface area contributed by atoms with Crippen LogP contribution >= 0.6 is 0 Å². The van der Waals surface area contributed by atoms with E-state index < -0.39 is 0 Å². The molecule has 0 unspecified atom stereocenters. The molecule has 0 spiro atoms. The smallest absolute Gasteiger partial charge is 0.178 e. The van der Waals surface area contributed by atoms with E-state index in [4.69, 9.17) is 0 Å². The molecule has 1 aromatic heterocycles. The Hall–Kier alpha value is -1.13. The van der Waals surface area contributed by atoms with Crippen molar-refractivity contribution in [1.82, 2.24) is 14.8 Å². The maximum absolute atomic E-state index is 12.2. The van der Waals surface area contributed by atoms with E-state index in [1.807, 2.05) is 19.9 Å². The number of nitrogens with one attached hydrogen (secondary N) is 1. The van der Waals surface area contributed by atoms with E-state index in [0.29, 0.717) is 6.54 Å². The third-order valence-corrected chi connectivity index (χ3v) is 3.73. The molecule has 0 bridgehead atoms. The van der Waals surface area contributed by atoms with E-state index in [1.54, 1.807) is 0 Å². The normalized spacial score (nSPS) is 18.2. The van der Waals surface area contributed by atoms with Gasteiger partial charge in [-0.2, -0.15) is 0 Å². The predicted molar refractivity (Wildman–Crippen MR) is 73.2 cm³/mol. The number of aromatic amines is 1. The highest BCUT2D eigenvalue weighted by molar-refractivity contribution is 5.98. The summed E-state index contributed by atoms with van der Waals surface area (Å²) in [6.45, 7) is 12.0. The van der Waals surface area contributed by atoms with Crippen molar-refractivity contribution in [1.29, 1.82) is 0 Å². The molecule has 0 saturated carbocycles. The molecule has 1 aliphatic heterocycles. The van der Waals surface area contributed by atoms with Gasteiger partial charge in [0.25, 0.3) is 0 Å². The van der Waals surface area contributed by atoms with Gasteiger partial charge < -0.3 is 9.88 Å². The van der Waals surface area contributed by atoms with Gasteiger partial charge in [-0.25, -0.2) is 0 Å². The molecule has 1 aromatic rings. The molecule has 0 amide bonds. The predicted octanol–water partition coefficient (Wildman–Crippen LogP) is 1.45. The first-order valence-corrected chi connectivity index (χ1v) is 6.74. The number of aromatic nitrogens is 1. The van der Waals surface area contributed by atoms with E-state index in [2.05, 4.69) is 21.7 Å². The van der Waals surface area contributed by atoms with Gasteiger partial charge in [-0.3, -0.25) is 9.69 Å². The summed E-state index contributed by atoms with van der Waals surface area (Å²) in [5, 5.41) is 0. The molecule has 2 heterocycles. The third kappa shape index (κ3) is 3.00. The number of ketones is 1. The highest BCUT2D eigenvalue weighted by atomic mass is 16.1. The maximum Gasteiger partial charge on any atom is 0.178 e. The summed E-state index contributed by atoms with van der Waals surface area (Å²) >= 11 is 0. The molecular formula is C14H23N3O. The highest BCUT2D eigenvalue weighted by Gasteiger charge is 2.19. The molecule has 1 aliphatic rings. The average Bonchev–Trinajstić information content (AvgIpc) is 2.69. The lowest BCUT2D eigenvalue weighted by molar-refractivity contribution is 0.0858. The minimum Gasteiger partial charge on any atom is -0.362 e. The van der Waals surface area contributed by atoms with Crippen molar-refractivity contribution >= 4 is 5.78 Å². The van der Waals surface area contributed by atoms with Gasteiger partial charge in [0.05, 0.1) is 6.54 Å². The van der Waals surface area contributed by atoms with Crippen LogP contribution in [0.25, 0.3) is 0 Å². The first kappa shape index (κ1) is 13.3. The van der Waals surface area contributed by atoms with Crippen LogP contribution in [0.1, 0.15) is 28.7 Å². The maximum atomic E-state index is 12.2. The van der Waals surface area contributed by atoms with Crippen LogP contribution in [0.3, 0.4) is 0 Å². The lowest BCUT2D eigenvalue weighted by Crippen LogP contribution is -2.47. The molecule has 0 radical (unpaired) electrons. The molecule has 1 saturated heterocycles. The molecular weight excluding hydrogens is 226 g/mol. The number of Topliss-reactive ketones (excluding diaryl/α,β-unsaturated/α-hetero) is 1. The monoisotopic (exact) mass is 249 g/mol. The summed E-state index contributed by atoms with van der Waals surface area (Å²) in [7, 11) is 0. The van der Waals surface area contributed by atoms with Gasteiger partial charge in [-0.15, -0.1) is 0 Å². The highest BCUT2D eigenvalue weighted by Crippen LogP contribution is 2.11. The van der Waals surface area contributed by atoms with Crippen LogP contribution in [0, 0.1) is 13.8 Å². The Labute approximate surface area is 109 Å². The summed E-state index contributed by atoms with van der Waals surface area (Å²) in [6.07, 6.45) is 0. The first-order chi connectivity index (χ1) is 8.60. The molecule has 0 aliphatic carbocycles. The number of H-pyrrole nitrogens is 1. The van der Waals surface area contributed by atoms with E-state index in [1.165, 1.54) is 0 Å². The lowest BCUT2D eigenvalue weighted by atomic mass is 10.1. The Morgan fingerprint density at radius 2 is 1.83 bits per heavy atom. The van der Waals surface area contributed by atoms with Crippen LogP contribution in [0.15, 0.2) is 6.07 Å². The number of hydrogen-bond acceptors (Lipinski definition) is 3. The molecule has 18 heavy (non-hydrogen) atoms. The molecule has 0 atom stereocenters. The molecule has 2 rings (SSSR count). The Morgan fingerprint density at radius 1 is 1.22 bits per heavy atom. The van der Waals surface area contributed by atoms with Crippen molar-refractivity contribution in [2.75, 3.05) is 39.3 Å². The Bertz CT molecular complexity index is 417. The molecule has 1 N–H and O–H groups in total. The molecule has 4 heteroatoms. The van der Waals surface area contributed by atoms with E-state index in [-0.39, 0.29) is 5.78 Å². The summed E-state index contributed by atoms with van der Waals surface area (Å²) in [5.41, 5.74) is 2.90. The van der Waals surface area contributed by atoms with Gasteiger partial charge >= 0.3 is 0 Å². The van der Waals surface area contributed by atoms with Crippen LogP contribution in [0.5, 0.6) is 0 Å². The Kier molecular flexibility index (Phi) is 4.19. The minimum absolute atomic E-state index is 0.238. The lowest BCUT2D eigenvalue weighted by Gasteiger charge is -2.33. The molecule has 100 valence electrons. The summed E-state index contributed by atoms with van der Waals surface area (Å²) in [5.74, 6) is 0.238. The average molecular weight is 249 g/mol. The van der Waals surface area contributed by atoms with Gasteiger partial charge in [-0.1, -0.05) is 6.92 Å². The number of likely N-dealkylation sites (N-methyl/N-ethyl adjacent to an activating group) is 1. The fourth-order valence-electron chi connectivity index (χ4n) is 2.57. The van der Waals surface area contributed by atoms with E-state index in [9.17, 15) is 4.79 Å². The number of hydrogen-bond donors (Lipinski definition) is 1.